The molecule has 98 valence electrons. The molecule has 0 amide bonds. The minimum absolute atomic E-state index is 0.398. The molecule has 1 N–H and O–H groups in total. The van der Waals surface area contributed by atoms with Crippen LogP contribution < -0.4 is 5.32 Å². The highest BCUT2D eigenvalue weighted by Crippen LogP contribution is 2.28. The molecule has 3 fully saturated rings. The fourth-order valence-electron chi connectivity index (χ4n) is 3.26. The van der Waals surface area contributed by atoms with Crippen molar-refractivity contribution < 1.29 is 8.42 Å². The lowest BCUT2D eigenvalue weighted by atomic mass is 10.1. The van der Waals surface area contributed by atoms with Crippen molar-refractivity contribution in [2.75, 3.05) is 32.7 Å². The van der Waals surface area contributed by atoms with Gasteiger partial charge in [-0.15, -0.1) is 0 Å². The van der Waals surface area contributed by atoms with Crippen LogP contribution in [0.25, 0.3) is 0 Å². The van der Waals surface area contributed by atoms with Gasteiger partial charge < -0.3 is 5.32 Å². The Labute approximate surface area is 103 Å². The summed E-state index contributed by atoms with van der Waals surface area (Å²) in [5.74, 6) is 0.537. The maximum absolute atomic E-state index is 12.4. The van der Waals surface area contributed by atoms with Gasteiger partial charge in [-0.25, -0.2) is 0 Å². The van der Waals surface area contributed by atoms with E-state index in [1.807, 2.05) is 0 Å². The van der Waals surface area contributed by atoms with Gasteiger partial charge in [0.1, 0.15) is 0 Å². The average Bonchev–Trinajstić information content (AvgIpc) is 2.90. The second kappa shape index (κ2) is 4.50. The zero-order valence-corrected chi connectivity index (χ0v) is 11.0. The molecular formula is C11H21N3O2S. The van der Waals surface area contributed by atoms with Crippen molar-refractivity contribution in [3.05, 3.63) is 0 Å². The van der Waals surface area contributed by atoms with E-state index < -0.39 is 10.2 Å². The summed E-state index contributed by atoms with van der Waals surface area (Å²) in [6, 6.07) is 0.398. The summed E-state index contributed by atoms with van der Waals surface area (Å²) >= 11 is 0. The van der Waals surface area contributed by atoms with Gasteiger partial charge in [0.25, 0.3) is 10.2 Å². The number of fused-ring (bicyclic) bond motifs is 1. The molecule has 0 aliphatic carbocycles. The van der Waals surface area contributed by atoms with Gasteiger partial charge in [0.2, 0.25) is 0 Å². The summed E-state index contributed by atoms with van der Waals surface area (Å²) in [4.78, 5) is 0. The van der Waals surface area contributed by atoms with E-state index in [-0.39, 0.29) is 0 Å². The fraction of sp³-hybridized carbons (Fsp3) is 1.00. The van der Waals surface area contributed by atoms with Gasteiger partial charge >= 0.3 is 0 Å². The molecular weight excluding hydrogens is 238 g/mol. The Morgan fingerprint density at radius 1 is 1.00 bits per heavy atom. The number of rotatable bonds is 2. The molecule has 3 rings (SSSR count). The molecule has 0 aromatic heterocycles. The summed E-state index contributed by atoms with van der Waals surface area (Å²) < 4.78 is 28.3. The second-order valence-corrected chi connectivity index (χ2v) is 7.32. The van der Waals surface area contributed by atoms with E-state index in [0.717, 1.165) is 32.4 Å². The molecule has 0 unspecified atom stereocenters. The number of nitrogens with zero attached hydrogens (tertiary/aromatic N) is 2. The Balaban J connectivity index is 1.70. The molecule has 0 bridgehead atoms. The Bertz CT molecular complexity index is 366. The van der Waals surface area contributed by atoms with E-state index in [1.54, 1.807) is 8.61 Å². The molecule has 0 aromatic rings. The van der Waals surface area contributed by atoms with Crippen molar-refractivity contribution in [1.82, 2.24) is 13.9 Å². The molecule has 3 saturated heterocycles. The molecule has 5 nitrogen and oxygen atoms in total. The first-order valence-electron chi connectivity index (χ1n) is 6.66. The minimum atomic E-state index is -3.18. The molecule has 3 aliphatic rings. The molecule has 0 saturated carbocycles. The van der Waals surface area contributed by atoms with Gasteiger partial charge in [-0.2, -0.15) is 17.0 Å². The van der Waals surface area contributed by atoms with Crippen LogP contribution in [0.3, 0.4) is 0 Å². The highest BCUT2D eigenvalue weighted by molar-refractivity contribution is 7.86. The topological polar surface area (TPSA) is 52.7 Å². The Morgan fingerprint density at radius 2 is 1.76 bits per heavy atom. The van der Waals surface area contributed by atoms with E-state index in [9.17, 15) is 8.42 Å². The Kier molecular flexibility index (Phi) is 3.15. The molecule has 0 aromatic carbocycles. The predicted molar refractivity (Wildman–Crippen MR) is 65.8 cm³/mol. The van der Waals surface area contributed by atoms with Crippen LogP contribution in [0, 0.1) is 5.92 Å². The van der Waals surface area contributed by atoms with Crippen molar-refractivity contribution >= 4 is 10.2 Å². The van der Waals surface area contributed by atoms with Gasteiger partial charge in [-0.1, -0.05) is 6.42 Å². The Morgan fingerprint density at radius 3 is 2.47 bits per heavy atom. The summed E-state index contributed by atoms with van der Waals surface area (Å²) in [5.41, 5.74) is 0. The maximum Gasteiger partial charge on any atom is 0.282 e. The van der Waals surface area contributed by atoms with Crippen molar-refractivity contribution in [2.24, 2.45) is 5.92 Å². The van der Waals surface area contributed by atoms with E-state index in [0.29, 0.717) is 31.6 Å². The zero-order valence-electron chi connectivity index (χ0n) is 10.1. The first-order chi connectivity index (χ1) is 8.18. The number of hydrogen-bond acceptors (Lipinski definition) is 3. The molecule has 0 radical (unpaired) electrons. The zero-order chi connectivity index (χ0) is 11.9. The monoisotopic (exact) mass is 259 g/mol. The van der Waals surface area contributed by atoms with Gasteiger partial charge in [0.05, 0.1) is 0 Å². The second-order valence-electron chi connectivity index (χ2n) is 5.39. The predicted octanol–water partition coefficient (Wildman–Crippen LogP) is 0.0108. The molecule has 3 heterocycles. The van der Waals surface area contributed by atoms with Crippen molar-refractivity contribution in [2.45, 2.75) is 31.7 Å². The molecule has 2 atom stereocenters. The van der Waals surface area contributed by atoms with Crippen LogP contribution in [0.4, 0.5) is 0 Å². The van der Waals surface area contributed by atoms with E-state index >= 15 is 0 Å². The smallest absolute Gasteiger partial charge is 0.282 e. The summed E-state index contributed by atoms with van der Waals surface area (Å²) in [6.45, 7) is 3.86. The summed E-state index contributed by atoms with van der Waals surface area (Å²) in [5, 5.41) is 3.40. The van der Waals surface area contributed by atoms with Crippen LogP contribution in [0.1, 0.15) is 25.7 Å². The highest BCUT2D eigenvalue weighted by Gasteiger charge is 2.42. The van der Waals surface area contributed by atoms with E-state index in [4.69, 9.17) is 0 Å². The largest absolute Gasteiger partial charge is 0.312 e. The standard InChI is InChI=1S/C11H21N3O2S/c15-17(16,13-6-2-1-3-7-13)14-8-10-4-5-12-11(10)9-14/h10-12H,1-9H2/t10-,11+/m0/s1. The van der Waals surface area contributed by atoms with Gasteiger partial charge in [-0.05, 0) is 31.7 Å². The molecule has 3 aliphatic heterocycles. The van der Waals surface area contributed by atoms with E-state index in [2.05, 4.69) is 5.32 Å². The first kappa shape index (κ1) is 11.9. The summed E-state index contributed by atoms with van der Waals surface area (Å²) in [7, 11) is -3.18. The number of nitrogens with one attached hydrogen (secondary N) is 1. The maximum atomic E-state index is 12.4. The van der Waals surface area contributed by atoms with Crippen LogP contribution >= 0.6 is 0 Å². The quantitative estimate of drug-likeness (QED) is 0.760. The van der Waals surface area contributed by atoms with Crippen LogP contribution in [-0.4, -0.2) is 55.8 Å². The van der Waals surface area contributed by atoms with Gasteiger partial charge in [0.15, 0.2) is 0 Å². The normalized spacial score (nSPS) is 36.2. The number of piperidine rings is 1. The van der Waals surface area contributed by atoms with Crippen LogP contribution in [0.2, 0.25) is 0 Å². The van der Waals surface area contributed by atoms with E-state index in [1.165, 1.54) is 6.42 Å². The van der Waals surface area contributed by atoms with Gasteiger partial charge in [-0.3, -0.25) is 0 Å². The molecule has 6 heteroatoms. The number of hydrogen-bond donors (Lipinski definition) is 1. The van der Waals surface area contributed by atoms with Crippen molar-refractivity contribution in [3.63, 3.8) is 0 Å². The fourth-order valence-corrected chi connectivity index (χ4v) is 5.03. The first-order valence-corrected chi connectivity index (χ1v) is 8.06. The van der Waals surface area contributed by atoms with Crippen molar-refractivity contribution in [3.8, 4) is 0 Å². The lowest BCUT2D eigenvalue weighted by Gasteiger charge is -2.30. The van der Waals surface area contributed by atoms with Crippen LogP contribution in [-0.2, 0) is 10.2 Å². The average molecular weight is 259 g/mol. The van der Waals surface area contributed by atoms with Crippen molar-refractivity contribution in [1.29, 1.82) is 0 Å². The van der Waals surface area contributed by atoms with Crippen LogP contribution in [0.5, 0.6) is 0 Å². The summed E-state index contributed by atoms with van der Waals surface area (Å²) in [6.07, 6.45) is 4.31. The molecule has 17 heavy (non-hydrogen) atoms. The van der Waals surface area contributed by atoms with Gasteiger partial charge in [0, 0.05) is 32.2 Å². The lowest BCUT2D eigenvalue weighted by molar-refractivity contribution is 0.312. The third-order valence-corrected chi connectivity index (χ3v) is 6.27. The lowest BCUT2D eigenvalue weighted by Crippen LogP contribution is -2.46. The highest BCUT2D eigenvalue weighted by atomic mass is 32.2. The third kappa shape index (κ3) is 2.12. The third-order valence-electron chi connectivity index (χ3n) is 4.30. The Hall–Kier alpha value is -0.170. The minimum Gasteiger partial charge on any atom is -0.312 e. The molecule has 0 spiro atoms. The van der Waals surface area contributed by atoms with Crippen LogP contribution in [0.15, 0.2) is 0 Å². The SMILES string of the molecule is O=S(=O)(N1CCCCC1)N1C[C@@H]2CCN[C@@H]2C1.